The molecule has 0 spiro atoms. The molecule has 0 aliphatic carbocycles. The summed E-state index contributed by atoms with van der Waals surface area (Å²) in [6, 6.07) is 6.66. The van der Waals surface area contributed by atoms with Crippen LogP contribution in [0, 0.1) is 12.8 Å². The summed E-state index contributed by atoms with van der Waals surface area (Å²) >= 11 is 0. The fourth-order valence-corrected chi connectivity index (χ4v) is 3.11. The third-order valence-corrected chi connectivity index (χ3v) is 4.60. The van der Waals surface area contributed by atoms with Gasteiger partial charge in [-0.3, -0.25) is 14.8 Å². The highest BCUT2D eigenvalue weighted by atomic mass is 16.2. The molecule has 2 N–H and O–H groups in total. The standard InChI is InChI=1S/C20H25N5O2/c1-14-4-3-9-25(13-14)19(26)16-5-7-17(8-6-16)24-20(27)23-12-18-11-21-15(2)10-22-18/h5-8,10-11,14H,3-4,9,12-13H2,1-2H3,(H2,23,24,27). The average molecular weight is 367 g/mol. The summed E-state index contributed by atoms with van der Waals surface area (Å²) < 4.78 is 0. The van der Waals surface area contributed by atoms with Crippen LogP contribution >= 0.6 is 0 Å². The molecule has 1 aromatic carbocycles. The van der Waals surface area contributed by atoms with Crippen molar-refractivity contribution in [3.05, 3.63) is 53.6 Å². The van der Waals surface area contributed by atoms with E-state index >= 15 is 0 Å². The molecule has 3 amide bonds. The quantitative estimate of drug-likeness (QED) is 0.870. The van der Waals surface area contributed by atoms with Gasteiger partial charge in [0.15, 0.2) is 0 Å². The van der Waals surface area contributed by atoms with Gasteiger partial charge in [-0.05, 0) is 49.9 Å². The molecule has 0 radical (unpaired) electrons. The zero-order valence-corrected chi connectivity index (χ0v) is 15.7. The number of benzene rings is 1. The molecular weight excluding hydrogens is 342 g/mol. The Balaban J connectivity index is 1.51. The number of anilines is 1. The smallest absolute Gasteiger partial charge is 0.319 e. The first-order valence-corrected chi connectivity index (χ1v) is 9.23. The lowest BCUT2D eigenvalue weighted by Gasteiger charge is -2.31. The fourth-order valence-electron chi connectivity index (χ4n) is 3.11. The summed E-state index contributed by atoms with van der Waals surface area (Å²) in [5.41, 5.74) is 2.79. The Labute approximate surface area is 159 Å². The SMILES string of the molecule is Cc1cnc(CNC(=O)Nc2ccc(C(=O)N3CCCC(C)C3)cc2)cn1. The van der Waals surface area contributed by atoms with Crippen LogP contribution in [0.1, 0.15) is 41.5 Å². The van der Waals surface area contributed by atoms with E-state index in [-0.39, 0.29) is 11.9 Å². The maximum atomic E-state index is 12.6. The van der Waals surface area contributed by atoms with Gasteiger partial charge in [0.1, 0.15) is 0 Å². The van der Waals surface area contributed by atoms with Gasteiger partial charge in [-0.2, -0.15) is 0 Å². The third-order valence-electron chi connectivity index (χ3n) is 4.60. The zero-order valence-electron chi connectivity index (χ0n) is 15.7. The Bertz CT molecular complexity index is 789. The molecule has 1 atom stereocenters. The Morgan fingerprint density at radius 3 is 2.63 bits per heavy atom. The van der Waals surface area contributed by atoms with E-state index in [9.17, 15) is 9.59 Å². The Morgan fingerprint density at radius 2 is 1.96 bits per heavy atom. The highest BCUT2D eigenvalue weighted by Gasteiger charge is 2.21. The number of hydrogen-bond acceptors (Lipinski definition) is 4. The molecule has 27 heavy (non-hydrogen) atoms. The number of nitrogens with zero attached hydrogens (tertiary/aromatic N) is 3. The van der Waals surface area contributed by atoms with E-state index < -0.39 is 0 Å². The van der Waals surface area contributed by atoms with Gasteiger partial charge >= 0.3 is 6.03 Å². The molecular formula is C20H25N5O2. The van der Waals surface area contributed by atoms with E-state index in [0.717, 1.165) is 25.2 Å². The van der Waals surface area contributed by atoms with Crippen molar-refractivity contribution >= 4 is 17.6 Å². The van der Waals surface area contributed by atoms with E-state index in [2.05, 4.69) is 27.5 Å². The van der Waals surface area contributed by atoms with Gasteiger partial charge in [0.25, 0.3) is 5.91 Å². The molecule has 1 aliphatic heterocycles. The maximum absolute atomic E-state index is 12.6. The number of likely N-dealkylation sites (tertiary alicyclic amines) is 1. The Morgan fingerprint density at radius 1 is 1.19 bits per heavy atom. The van der Waals surface area contributed by atoms with Gasteiger partial charge < -0.3 is 15.5 Å². The minimum absolute atomic E-state index is 0.0514. The van der Waals surface area contributed by atoms with E-state index in [1.807, 2.05) is 11.8 Å². The van der Waals surface area contributed by atoms with Crippen molar-refractivity contribution < 1.29 is 9.59 Å². The lowest BCUT2D eigenvalue weighted by molar-refractivity contribution is 0.0683. The van der Waals surface area contributed by atoms with E-state index in [1.54, 1.807) is 36.7 Å². The molecule has 0 bridgehead atoms. The van der Waals surface area contributed by atoms with E-state index in [0.29, 0.717) is 29.4 Å². The summed E-state index contributed by atoms with van der Waals surface area (Å²) in [6.45, 7) is 5.95. The van der Waals surface area contributed by atoms with Crippen LogP contribution in [-0.2, 0) is 6.54 Å². The molecule has 1 aromatic heterocycles. The van der Waals surface area contributed by atoms with Gasteiger partial charge in [-0.15, -0.1) is 0 Å². The molecule has 2 heterocycles. The monoisotopic (exact) mass is 367 g/mol. The maximum Gasteiger partial charge on any atom is 0.319 e. The van der Waals surface area contributed by atoms with Crippen molar-refractivity contribution in [2.24, 2.45) is 5.92 Å². The number of amides is 3. The summed E-state index contributed by atoms with van der Waals surface area (Å²) in [6.07, 6.45) is 5.53. The van der Waals surface area contributed by atoms with E-state index in [4.69, 9.17) is 0 Å². The van der Waals surface area contributed by atoms with Crippen LogP contribution in [0.2, 0.25) is 0 Å². The summed E-state index contributed by atoms with van der Waals surface area (Å²) in [5.74, 6) is 0.598. The Kier molecular flexibility index (Phi) is 6.01. The first-order valence-electron chi connectivity index (χ1n) is 9.23. The number of carbonyl (C=O) groups excluding carboxylic acids is 2. The molecule has 2 aromatic rings. The molecule has 1 unspecified atom stereocenters. The second-order valence-corrected chi connectivity index (χ2v) is 7.03. The second kappa shape index (κ2) is 8.62. The van der Waals surface area contributed by atoms with Crippen LogP contribution in [0.3, 0.4) is 0 Å². The number of nitrogens with one attached hydrogen (secondary N) is 2. The van der Waals surface area contributed by atoms with Crippen molar-refractivity contribution in [1.29, 1.82) is 0 Å². The molecule has 1 fully saturated rings. The minimum Gasteiger partial charge on any atom is -0.338 e. The van der Waals surface area contributed by atoms with Gasteiger partial charge in [-0.25, -0.2) is 4.79 Å². The first-order chi connectivity index (χ1) is 13.0. The molecule has 7 nitrogen and oxygen atoms in total. The van der Waals surface area contributed by atoms with Crippen molar-refractivity contribution in [3.63, 3.8) is 0 Å². The lowest BCUT2D eigenvalue weighted by atomic mass is 9.99. The van der Waals surface area contributed by atoms with Crippen LogP contribution in [-0.4, -0.2) is 39.9 Å². The molecule has 7 heteroatoms. The zero-order chi connectivity index (χ0) is 19.2. The van der Waals surface area contributed by atoms with Crippen LogP contribution in [0.25, 0.3) is 0 Å². The Hall–Kier alpha value is -2.96. The fraction of sp³-hybridized carbons (Fsp3) is 0.400. The highest BCUT2D eigenvalue weighted by Crippen LogP contribution is 2.19. The minimum atomic E-state index is -0.332. The third kappa shape index (κ3) is 5.26. The molecule has 3 rings (SSSR count). The van der Waals surface area contributed by atoms with Crippen LogP contribution in [0.15, 0.2) is 36.7 Å². The van der Waals surface area contributed by atoms with Gasteiger partial charge in [0, 0.05) is 30.5 Å². The van der Waals surface area contributed by atoms with Crippen LogP contribution in [0.5, 0.6) is 0 Å². The van der Waals surface area contributed by atoms with Gasteiger partial charge in [0.05, 0.1) is 24.1 Å². The van der Waals surface area contributed by atoms with Crippen molar-refractivity contribution in [2.75, 3.05) is 18.4 Å². The van der Waals surface area contributed by atoms with Gasteiger partial charge in [-0.1, -0.05) is 6.92 Å². The number of rotatable bonds is 4. The van der Waals surface area contributed by atoms with Crippen molar-refractivity contribution in [3.8, 4) is 0 Å². The number of carbonyl (C=O) groups is 2. The topological polar surface area (TPSA) is 87.2 Å². The number of aromatic nitrogens is 2. The van der Waals surface area contributed by atoms with E-state index in [1.165, 1.54) is 6.42 Å². The molecule has 1 aliphatic rings. The van der Waals surface area contributed by atoms with Crippen molar-refractivity contribution in [1.82, 2.24) is 20.2 Å². The number of piperidine rings is 1. The number of hydrogen-bond donors (Lipinski definition) is 2. The van der Waals surface area contributed by atoms with Crippen LogP contribution in [0.4, 0.5) is 10.5 Å². The molecule has 142 valence electrons. The average Bonchev–Trinajstić information content (AvgIpc) is 2.67. The predicted molar refractivity (Wildman–Crippen MR) is 103 cm³/mol. The normalized spacial score (nSPS) is 16.7. The van der Waals surface area contributed by atoms with Crippen molar-refractivity contribution in [2.45, 2.75) is 33.2 Å². The highest BCUT2D eigenvalue weighted by molar-refractivity contribution is 5.95. The summed E-state index contributed by atoms with van der Waals surface area (Å²) in [4.78, 5) is 34.8. The van der Waals surface area contributed by atoms with Gasteiger partial charge in [0.2, 0.25) is 0 Å². The summed E-state index contributed by atoms with van der Waals surface area (Å²) in [7, 11) is 0. The lowest BCUT2D eigenvalue weighted by Crippen LogP contribution is -2.39. The molecule has 1 saturated heterocycles. The number of aryl methyl sites for hydroxylation is 1. The summed E-state index contributed by atoms with van der Waals surface area (Å²) in [5, 5.41) is 5.49. The predicted octanol–water partition coefficient (Wildman–Crippen LogP) is 2.98. The largest absolute Gasteiger partial charge is 0.338 e. The van der Waals surface area contributed by atoms with Crippen LogP contribution < -0.4 is 10.6 Å². The first kappa shape index (κ1) is 18.8. The number of urea groups is 1. The molecule has 0 saturated carbocycles. The second-order valence-electron chi connectivity index (χ2n) is 7.03.